The van der Waals surface area contributed by atoms with E-state index in [1.54, 1.807) is 24.3 Å². The first kappa shape index (κ1) is 21.8. The maximum absolute atomic E-state index is 6.00. The van der Waals surface area contributed by atoms with Crippen LogP contribution in [0.3, 0.4) is 0 Å². The Morgan fingerprint density at radius 1 is 0.522 bits per heavy atom. The minimum absolute atomic E-state index is 0.223. The third-order valence-electron chi connectivity index (χ3n) is 2.54. The van der Waals surface area contributed by atoms with Crippen LogP contribution in [0.1, 0.15) is 0 Å². The smallest absolute Gasteiger partial charge is 0.105 e. The van der Waals surface area contributed by atoms with E-state index in [1.807, 2.05) is 0 Å². The molecular formula is C18H30O5. The van der Waals surface area contributed by atoms with Crippen LogP contribution >= 0.6 is 0 Å². The summed E-state index contributed by atoms with van der Waals surface area (Å²) in [5.74, 6) is 0. The van der Waals surface area contributed by atoms with E-state index in [9.17, 15) is 0 Å². The van der Waals surface area contributed by atoms with Crippen molar-refractivity contribution >= 4 is 0 Å². The first-order valence-electron chi connectivity index (χ1n) is 7.68. The minimum atomic E-state index is -0.223. The molecule has 0 radical (unpaired) electrons. The molecule has 0 aromatic heterocycles. The lowest BCUT2D eigenvalue weighted by atomic mass is 10.3. The van der Waals surface area contributed by atoms with Gasteiger partial charge in [0.2, 0.25) is 0 Å². The van der Waals surface area contributed by atoms with E-state index in [4.69, 9.17) is 23.7 Å². The summed E-state index contributed by atoms with van der Waals surface area (Å²) in [4.78, 5) is 0. The van der Waals surface area contributed by atoms with E-state index in [0.717, 1.165) is 0 Å². The number of ether oxygens (including phenoxy) is 5. The molecule has 0 fully saturated rings. The molecule has 0 atom stereocenters. The largest absolute Gasteiger partial charge is 0.375 e. The van der Waals surface area contributed by atoms with Crippen molar-refractivity contribution in [2.75, 3.05) is 52.9 Å². The molecule has 0 aliphatic heterocycles. The van der Waals surface area contributed by atoms with Crippen LogP contribution in [0.5, 0.6) is 0 Å². The fourth-order valence-electron chi connectivity index (χ4n) is 1.66. The quantitative estimate of drug-likeness (QED) is 0.286. The molecule has 0 amide bonds. The van der Waals surface area contributed by atoms with Crippen molar-refractivity contribution in [3.63, 3.8) is 0 Å². The van der Waals surface area contributed by atoms with Crippen LogP contribution in [0.25, 0.3) is 0 Å². The second-order valence-corrected chi connectivity index (χ2v) is 4.68. The summed E-state index contributed by atoms with van der Waals surface area (Å²) in [5.41, 5.74) is 0. The molecule has 0 aliphatic carbocycles. The third kappa shape index (κ3) is 14.1. The lowest BCUT2D eigenvalue weighted by Gasteiger charge is -2.24. The van der Waals surface area contributed by atoms with Crippen molar-refractivity contribution in [2.45, 2.75) is 12.2 Å². The maximum Gasteiger partial charge on any atom is 0.105 e. The molecule has 0 rings (SSSR count). The molecule has 0 spiro atoms. The Balaban J connectivity index is 4.41. The van der Waals surface area contributed by atoms with Gasteiger partial charge in [0.15, 0.2) is 0 Å². The van der Waals surface area contributed by atoms with Crippen LogP contribution < -0.4 is 0 Å². The molecule has 0 aromatic rings. The van der Waals surface area contributed by atoms with Crippen LogP contribution in [-0.4, -0.2) is 65.1 Å². The molecular weight excluding hydrogens is 296 g/mol. The van der Waals surface area contributed by atoms with E-state index in [0.29, 0.717) is 52.9 Å². The van der Waals surface area contributed by atoms with Crippen molar-refractivity contribution in [2.24, 2.45) is 0 Å². The molecule has 0 aliphatic rings. The lowest BCUT2D eigenvalue weighted by molar-refractivity contribution is -0.124. The molecule has 0 bridgehead atoms. The number of rotatable bonds is 18. The van der Waals surface area contributed by atoms with Crippen LogP contribution in [0.2, 0.25) is 0 Å². The summed E-state index contributed by atoms with van der Waals surface area (Å²) in [5, 5.41) is 0. The molecule has 0 saturated heterocycles. The van der Waals surface area contributed by atoms with Gasteiger partial charge < -0.3 is 23.7 Å². The lowest BCUT2D eigenvalue weighted by Crippen LogP contribution is -2.35. The summed E-state index contributed by atoms with van der Waals surface area (Å²) in [6.07, 6.45) is 6.33. The molecule has 0 N–H and O–H groups in total. The second-order valence-electron chi connectivity index (χ2n) is 4.68. The molecule has 0 heterocycles. The van der Waals surface area contributed by atoms with Gasteiger partial charge in [0, 0.05) is 0 Å². The zero-order chi connectivity index (χ0) is 17.2. The van der Waals surface area contributed by atoms with E-state index in [1.165, 1.54) is 0 Å². The average Bonchev–Trinajstić information content (AvgIpc) is 2.55. The van der Waals surface area contributed by atoms with E-state index in [2.05, 4.69) is 26.3 Å². The van der Waals surface area contributed by atoms with Crippen molar-refractivity contribution in [1.82, 2.24) is 0 Å². The SMILES string of the molecule is C=CCOCC(COCC=C)OC(COCC=C)COCC=C. The Labute approximate surface area is 140 Å². The Bertz CT molecular complexity index is 259. The van der Waals surface area contributed by atoms with Gasteiger partial charge in [0.1, 0.15) is 12.2 Å². The van der Waals surface area contributed by atoms with Gasteiger partial charge in [-0.05, 0) is 0 Å². The highest BCUT2D eigenvalue weighted by molar-refractivity contribution is 4.71. The topological polar surface area (TPSA) is 46.2 Å². The number of hydrogen-bond donors (Lipinski definition) is 0. The van der Waals surface area contributed by atoms with Crippen LogP contribution in [0, 0.1) is 0 Å². The summed E-state index contributed by atoms with van der Waals surface area (Å²) >= 11 is 0. The Hall–Kier alpha value is -1.24. The van der Waals surface area contributed by atoms with Gasteiger partial charge in [-0.25, -0.2) is 0 Å². The molecule has 23 heavy (non-hydrogen) atoms. The van der Waals surface area contributed by atoms with E-state index in [-0.39, 0.29) is 12.2 Å². The third-order valence-corrected chi connectivity index (χ3v) is 2.54. The van der Waals surface area contributed by atoms with Crippen molar-refractivity contribution in [1.29, 1.82) is 0 Å². The predicted octanol–water partition coefficient (Wildman–Crippen LogP) is 2.55. The van der Waals surface area contributed by atoms with Gasteiger partial charge in [-0.1, -0.05) is 24.3 Å². The van der Waals surface area contributed by atoms with E-state index < -0.39 is 0 Å². The summed E-state index contributed by atoms with van der Waals surface area (Å²) in [6, 6.07) is 0. The Kier molecular flexibility index (Phi) is 16.2. The average molecular weight is 326 g/mol. The monoisotopic (exact) mass is 326 g/mol. The fourth-order valence-corrected chi connectivity index (χ4v) is 1.66. The van der Waals surface area contributed by atoms with Crippen molar-refractivity contribution in [3.8, 4) is 0 Å². The first-order chi connectivity index (χ1) is 11.3. The van der Waals surface area contributed by atoms with Crippen LogP contribution in [0.4, 0.5) is 0 Å². The Morgan fingerprint density at radius 3 is 1.00 bits per heavy atom. The van der Waals surface area contributed by atoms with E-state index >= 15 is 0 Å². The van der Waals surface area contributed by atoms with Gasteiger partial charge in [-0.2, -0.15) is 0 Å². The predicted molar refractivity (Wildman–Crippen MR) is 92.7 cm³/mol. The highest BCUT2D eigenvalue weighted by Gasteiger charge is 2.18. The van der Waals surface area contributed by atoms with Crippen LogP contribution in [-0.2, 0) is 23.7 Å². The van der Waals surface area contributed by atoms with Gasteiger partial charge in [0.25, 0.3) is 0 Å². The molecule has 5 nitrogen and oxygen atoms in total. The molecule has 0 saturated carbocycles. The molecule has 5 heteroatoms. The van der Waals surface area contributed by atoms with Gasteiger partial charge in [0.05, 0.1) is 52.9 Å². The second kappa shape index (κ2) is 17.1. The highest BCUT2D eigenvalue weighted by atomic mass is 16.6. The normalized spacial score (nSPS) is 10.9. The zero-order valence-electron chi connectivity index (χ0n) is 14.0. The van der Waals surface area contributed by atoms with Gasteiger partial charge in [-0.3, -0.25) is 0 Å². The Morgan fingerprint density at radius 2 is 0.783 bits per heavy atom. The maximum atomic E-state index is 6.00. The van der Waals surface area contributed by atoms with Crippen molar-refractivity contribution < 1.29 is 23.7 Å². The highest BCUT2D eigenvalue weighted by Crippen LogP contribution is 2.04. The standard InChI is InChI=1S/C18H30O5/c1-5-9-19-13-17(14-20-10-6-2)23-18(15-21-11-7-3)16-22-12-8-4/h5-8,17-18H,1-4,9-16H2. The van der Waals surface area contributed by atoms with Gasteiger partial charge in [-0.15, -0.1) is 26.3 Å². The minimum Gasteiger partial charge on any atom is -0.375 e. The van der Waals surface area contributed by atoms with Gasteiger partial charge >= 0.3 is 0 Å². The summed E-state index contributed by atoms with van der Waals surface area (Å²) in [7, 11) is 0. The number of hydrogen-bond acceptors (Lipinski definition) is 5. The van der Waals surface area contributed by atoms with Crippen molar-refractivity contribution in [3.05, 3.63) is 50.6 Å². The van der Waals surface area contributed by atoms with Crippen LogP contribution in [0.15, 0.2) is 50.6 Å². The summed E-state index contributed by atoms with van der Waals surface area (Å²) < 4.78 is 27.9. The fraction of sp³-hybridized carbons (Fsp3) is 0.556. The molecule has 0 unspecified atom stereocenters. The summed E-state index contributed by atoms with van der Waals surface area (Å²) in [6.45, 7) is 18.0. The zero-order valence-corrected chi connectivity index (χ0v) is 14.0. The molecule has 0 aromatic carbocycles. The first-order valence-corrected chi connectivity index (χ1v) is 7.68. The molecule has 132 valence electrons.